The van der Waals surface area contributed by atoms with Crippen LogP contribution in [-0.4, -0.2) is 18.0 Å². The number of nitrogens with zero attached hydrogens (tertiary/aromatic N) is 1. The molecule has 0 spiro atoms. The number of amides is 2. The number of hydrogen-bond acceptors (Lipinski definition) is 4. The first-order chi connectivity index (χ1) is 15.0. The maximum absolute atomic E-state index is 11.9. The van der Waals surface area contributed by atoms with E-state index in [2.05, 4.69) is 21.9 Å². The molecule has 158 valence electrons. The molecule has 3 rings (SSSR count). The number of halogens is 1. The van der Waals surface area contributed by atoms with Crippen molar-refractivity contribution in [3.05, 3.63) is 94.5 Å². The summed E-state index contributed by atoms with van der Waals surface area (Å²) in [5.41, 5.74) is 5.86. The molecule has 0 aliphatic heterocycles. The van der Waals surface area contributed by atoms with E-state index >= 15 is 0 Å². The molecule has 0 aliphatic rings. The summed E-state index contributed by atoms with van der Waals surface area (Å²) in [6.07, 6.45) is 1.13. The molecule has 0 bridgehead atoms. The SMILES string of the molecule is Cc1cccc(COc2ccc(C=NNC(=O)CC(=O)Nc3ccccc3Cl)cc2)c1. The van der Waals surface area contributed by atoms with Crippen molar-refractivity contribution in [2.45, 2.75) is 20.0 Å². The second-order valence-corrected chi connectivity index (χ2v) is 7.25. The molecular weight excluding hydrogens is 414 g/mol. The lowest BCUT2D eigenvalue weighted by Gasteiger charge is -2.07. The number of rotatable bonds is 8. The minimum atomic E-state index is -0.529. The predicted molar refractivity (Wildman–Crippen MR) is 122 cm³/mol. The van der Waals surface area contributed by atoms with Crippen LogP contribution in [0.25, 0.3) is 0 Å². The number of nitrogens with one attached hydrogen (secondary N) is 2. The molecule has 3 aromatic rings. The Bertz CT molecular complexity index is 1080. The van der Waals surface area contributed by atoms with Gasteiger partial charge in [0.15, 0.2) is 0 Å². The molecule has 0 saturated heterocycles. The number of aryl methyl sites for hydroxylation is 1. The quantitative estimate of drug-likeness (QED) is 0.305. The van der Waals surface area contributed by atoms with Crippen LogP contribution in [0.15, 0.2) is 77.9 Å². The van der Waals surface area contributed by atoms with Crippen molar-refractivity contribution in [3.63, 3.8) is 0 Å². The molecule has 0 heterocycles. The van der Waals surface area contributed by atoms with Crippen LogP contribution in [-0.2, 0) is 16.2 Å². The van der Waals surface area contributed by atoms with Crippen LogP contribution in [0.2, 0.25) is 5.02 Å². The fourth-order valence-corrected chi connectivity index (χ4v) is 2.92. The summed E-state index contributed by atoms with van der Waals surface area (Å²) in [6.45, 7) is 2.53. The van der Waals surface area contributed by atoms with E-state index in [0.717, 1.165) is 16.9 Å². The summed E-state index contributed by atoms with van der Waals surface area (Å²) in [4.78, 5) is 23.8. The lowest BCUT2D eigenvalue weighted by molar-refractivity contribution is -0.126. The van der Waals surface area contributed by atoms with E-state index in [1.165, 1.54) is 11.8 Å². The van der Waals surface area contributed by atoms with Gasteiger partial charge in [-0.2, -0.15) is 5.10 Å². The average Bonchev–Trinajstić information content (AvgIpc) is 2.75. The number of carbonyl (C=O) groups excluding carboxylic acids is 2. The van der Waals surface area contributed by atoms with Crippen molar-refractivity contribution in [1.29, 1.82) is 0 Å². The van der Waals surface area contributed by atoms with Gasteiger partial charge in [-0.15, -0.1) is 0 Å². The molecule has 2 N–H and O–H groups in total. The first kappa shape index (κ1) is 22.1. The van der Waals surface area contributed by atoms with E-state index < -0.39 is 11.8 Å². The van der Waals surface area contributed by atoms with Crippen molar-refractivity contribution in [2.24, 2.45) is 5.10 Å². The molecule has 2 amide bonds. The van der Waals surface area contributed by atoms with Crippen molar-refractivity contribution in [2.75, 3.05) is 5.32 Å². The Morgan fingerprint density at radius 3 is 2.52 bits per heavy atom. The molecule has 3 aromatic carbocycles. The number of hydrazone groups is 1. The fourth-order valence-electron chi connectivity index (χ4n) is 2.74. The molecule has 6 nitrogen and oxygen atoms in total. The molecule has 0 fully saturated rings. The number of ether oxygens (including phenoxy) is 1. The highest BCUT2D eigenvalue weighted by Gasteiger charge is 2.10. The molecule has 0 unspecified atom stereocenters. The van der Waals surface area contributed by atoms with Gasteiger partial charge in [-0.25, -0.2) is 5.43 Å². The molecule has 0 radical (unpaired) electrons. The second kappa shape index (κ2) is 10.9. The molecule has 0 atom stereocenters. The first-order valence-corrected chi connectivity index (χ1v) is 10.0. The van der Waals surface area contributed by atoms with Gasteiger partial charge in [0, 0.05) is 0 Å². The van der Waals surface area contributed by atoms with Crippen LogP contribution < -0.4 is 15.5 Å². The Hall–Kier alpha value is -3.64. The van der Waals surface area contributed by atoms with Crippen LogP contribution in [0.1, 0.15) is 23.1 Å². The highest BCUT2D eigenvalue weighted by Crippen LogP contribution is 2.20. The Balaban J connectivity index is 1.43. The van der Waals surface area contributed by atoms with Gasteiger partial charge in [0.05, 0.1) is 16.9 Å². The third kappa shape index (κ3) is 7.28. The highest BCUT2D eigenvalue weighted by atomic mass is 35.5. The monoisotopic (exact) mass is 435 g/mol. The molecule has 0 aromatic heterocycles. The van der Waals surface area contributed by atoms with Gasteiger partial charge >= 0.3 is 0 Å². The van der Waals surface area contributed by atoms with E-state index in [0.29, 0.717) is 17.3 Å². The predicted octanol–water partition coefficient (Wildman–Crippen LogP) is 4.71. The summed E-state index contributed by atoms with van der Waals surface area (Å²) in [5, 5.41) is 6.87. The average molecular weight is 436 g/mol. The lowest BCUT2D eigenvalue weighted by atomic mass is 10.1. The zero-order valence-electron chi connectivity index (χ0n) is 17.0. The van der Waals surface area contributed by atoms with Crippen LogP contribution in [0, 0.1) is 6.92 Å². The van der Waals surface area contributed by atoms with Crippen LogP contribution in [0.5, 0.6) is 5.75 Å². The zero-order valence-corrected chi connectivity index (χ0v) is 17.7. The second-order valence-electron chi connectivity index (χ2n) is 6.84. The molecule has 0 saturated carbocycles. The maximum Gasteiger partial charge on any atom is 0.249 e. The van der Waals surface area contributed by atoms with Gasteiger partial charge in [0.2, 0.25) is 11.8 Å². The van der Waals surface area contributed by atoms with Gasteiger partial charge < -0.3 is 10.1 Å². The normalized spacial score (nSPS) is 10.6. The number of hydrogen-bond donors (Lipinski definition) is 2. The molecule has 0 aliphatic carbocycles. The van der Waals surface area contributed by atoms with Gasteiger partial charge in [0.1, 0.15) is 18.8 Å². The van der Waals surface area contributed by atoms with Crippen molar-refractivity contribution in [1.82, 2.24) is 5.43 Å². The fraction of sp³-hybridized carbons (Fsp3) is 0.125. The van der Waals surface area contributed by atoms with Gasteiger partial charge in [-0.05, 0) is 54.4 Å². The van der Waals surface area contributed by atoms with Gasteiger partial charge in [-0.3, -0.25) is 9.59 Å². The number of para-hydroxylation sites is 1. The van der Waals surface area contributed by atoms with Crippen LogP contribution in [0.3, 0.4) is 0 Å². The summed E-state index contributed by atoms with van der Waals surface area (Å²) >= 11 is 5.98. The Morgan fingerprint density at radius 1 is 1.00 bits per heavy atom. The topological polar surface area (TPSA) is 79.8 Å². The van der Waals surface area contributed by atoms with Crippen molar-refractivity contribution < 1.29 is 14.3 Å². The summed E-state index contributed by atoms with van der Waals surface area (Å²) < 4.78 is 5.78. The van der Waals surface area contributed by atoms with Crippen LogP contribution >= 0.6 is 11.6 Å². The summed E-state index contributed by atoms with van der Waals surface area (Å²) in [7, 11) is 0. The lowest BCUT2D eigenvalue weighted by Crippen LogP contribution is -2.24. The van der Waals surface area contributed by atoms with E-state index in [9.17, 15) is 9.59 Å². The third-order valence-electron chi connectivity index (χ3n) is 4.24. The van der Waals surface area contributed by atoms with E-state index in [1.807, 2.05) is 49.4 Å². The Kier molecular flexibility index (Phi) is 7.79. The smallest absolute Gasteiger partial charge is 0.249 e. The zero-order chi connectivity index (χ0) is 22.1. The number of anilines is 1. The first-order valence-electron chi connectivity index (χ1n) is 9.64. The van der Waals surface area contributed by atoms with Gasteiger partial charge in [0.25, 0.3) is 0 Å². The van der Waals surface area contributed by atoms with E-state index in [1.54, 1.807) is 24.3 Å². The van der Waals surface area contributed by atoms with Crippen molar-refractivity contribution >= 4 is 35.3 Å². The van der Waals surface area contributed by atoms with Gasteiger partial charge in [-0.1, -0.05) is 53.6 Å². The summed E-state index contributed by atoms with van der Waals surface area (Å²) in [6, 6.07) is 22.3. The number of carbonyl (C=O) groups is 2. The van der Waals surface area contributed by atoms with Crippen LogP contribution in [0.4, 0.5) is 5.69 Å². The van der Waals surface area contributed by atoms with E-state index in [4.69, 9.17) is 16.3 Å². The molecular formula is C24H22ClN3O3. The maximum atomic E-state index is 11.9. The third-order valence-corrected chi connectivity index (χ3v) is 4.57. The standard InChI is InChI=1S/C24H22ClN3O3/c1-17-5-4-6-19(13-17)16-31-20-11-9-18(10-12-20)15-26-28-24(30)14-23(29)27-22-8-3-2-7-21(22)25/h2-13,15H,14,16H2,1H3,(H,27,29)(H,28,30). The molecule has 31 heavy (non-hydrogen) atoms. The van der Waals surface area contributed by atoms with E-state index in [-0.39, 0.29) is 6.42 Å². The number of benzene rings is 3. The Labute approximate surface area is 185 Å². The largest absolute Gasteiger partial charge is 0.489 e. The Morgan fingerprint density at radius 2 is 1.77 bits per heavy atom. The minimum absolute atomic E-state index is 0.367. The summed E-state index contributed by atoms with van der Waals surface area (Å²) in [5.74, 6) is -0.270. The molecule has 7 heteroatoms. The minimum Gasteiger partial charge on any atom is -0.489 e. The van der Waals surface area contributed by atoms with Crippen molar-refractivity contribution in [3.8, 4) is 5.75 Å². The highest BCUT2D eigenvalue weighted by molar-refractivity contribution is 6.33.